The van der Waals surface area contributed by atoms with Crippen molar-refractivity contribution in [1.29, 1.82) is 0 Å². The van der Waals surface area contributed by atoms with E-state index in [1.807, 2.05) is 17.5 Å². The molecular weight excluding hydrogens is 320 g/mol. The fourth-order valence-corrected chi connectivity index (χ4v) is 4.15. The molecule has 1 aliphatic heterocycles. The first-order valence-corrected chi connectivity index (χ1v) is 10.0. The van der Waals surface area contributed by atoms with E-state index in [-0.39, 0.29) is 11.5 Å². The first kappa shape index (κ1) is 19.4. The van der Waals surface area contributed by atoms with Crippen molar-refractivity contribution in [1.82, 2.24) is 9.80 Å². The highest BCUT2D eigenvalue weighted by molar-refractivity contribution is 7.12. The summed E-state index contributed by atoms with van der Waals surface area (Å²) in [6, 6.07) is 3.89. The first-order valence-electron chi connectivity index (χ1n) is 9.14. The Hall–Kier alpha value is -0.910. The normalized spacial score (nSPS) is 20.3. The Kier molecular flexibility index (Phi) is 7.26. The number of carbonyl (C=O) groups excluding carboxylic acids is 1. The second-order valence-electron chi connectivity index (χ2n) is 7.22. The van der Waals surface area contributed by atoms with E-state index in [0.717, 1.165) is 57.0 Å². The van der Waals surface area contributed by atoms with Crippen LogP contribution in [0, 0.1) is 5.92 Å². The highest BCUT2D eigenvalue weighted by Crippen LogP contribution is 2.29. The molecule has 2 heterocycles. The highest BCUT2D eigenvalue weighted by atomic mass is 32.1. The van der Waals surface area contributed by atoms with Gasteiger partial charge in [0.2, 0.25) is 0 Å². The van der Waals surface area contributed by atoms with E-state index in [0.29, 0.717) is 5.92 Å². The maximum atomic E-state index is 12.9. The minimum Gasteiger partial charge on any atom is -0.376 e. The van der Waals surface area contributed by atoms with E-state index in [4.69, 9.17) is 4.74 Å². The topological polar surface area (TPSA) is 32.8 Å². The zero-order chi connectivity index (χ0) is 17.6. The second kappa shape index (κ2) is 8.97. The number of thiophene rings is 1. The minimum atomic E-state index is -0.0700. The van der Waals surface area contributed by atoms with Crippen molar-refractivity contribution in [3.63, 3.8) is 0 Å². The van der Waals surface area contributed by atoms with Crippen LogP contribution in [0.25, 0.3) is 0 Å². The molecule has 1 amide bonds. The molecule has 1 unspecified atom stereocenters. The van der Waals surface area contributed by atoms with Gasteiger partial charge in [-0.05, 0) is 57.1 Å². The fourth-order valence-electron chi connectivity index (χ4n) is 3.46. The summed E-state index contributed by atoms with van der Waals surface area (Å²) in [6.45, 7) is 14.1. The van der Waals surface area contributed by atoms with Crippen molar-refractivity contribution in [2.75, 3.05) is 39.3 Å². The number of nitrogens with zero attached hydrogens (tertiary/aromatic N) is 2. The molecule has 1 atom stereocenters. The summed E-state index contributed by atoms with van der Waals surface area (Å²) in [5.41, 5.74) is -0.0700. The minimum absolute atomic E-state index is 0.0700. The number of ether oxygens (including phenoxy) is 1. The standard InChI is InChI=1S/C19H32N2O2S/c1-5-20(6-2)10-11-21(18(22)17-8-7-13-24-17)15-16-9-12-23-19(3,4)14-16/h7-8,13,16H,5-6,9-12,14-15H2,1-4H3. The van der Waals surface area contributed by atoms with Gasteiger partial charge < -0.3 is 14.5 Å². The summed E-state index contributed by atoms with van der Waals surface area (Å²) in [5.74, 6) is 0.704. The number of carbonyl (C=O) groups is 1. The van der Waals surface area contributed by atoms with E-state index in [1.54, 1.807) is 0 Å². The van der Waals surface area contributed by atoms with Crippen molar-refractivity contribution in [2.45, 2.75) is 46.1 Å². The van der Waals surface area contributed by atoms with Gasteiger partial charge in [0.25, 0.3) is 5.91 Å². The third-order valence-corrected chi connectivity index (χ3v) is 5.74. The average Bonchev–Trinajstić information content (AvgIpc) is 3.07. The van der Waals surface area contributed by atoms with Crippen LogP contribution < -0.4 is 0 Å². The SMILES string of the molecule is CCN(CC)CCN(CC1CCOC(C)(C)C1)C(=O)c1cccs1. The van der Waals surface area contributed by atoms with Gasteiger partial charge in [-0.3, -0.25) is 4.79 Å². The highest BCUT2D eigenvalue weighted by Gasteiger charge is 2.31. The van der Waals surface area contributed by atoms with E-state index >= 15 is 0 Å². The Morgan fingerprint density at radius 1 is 1.33 bits per heavy atom. The van der Waals surface area contributed by atoms with Gasteiger partial charge >= 0.3 is 0 Å². The molecule has 1 aliphatic rings. The first-order chi connectivity index (χ1) is 11.4. The van der Waals surface area contributed by atoms with Gasteiger partial charge in [0.1, 0.15) is 0 Å². The largest absolute Gasteiger partial charge is 0.376 e. The van der Waals surface area contributed by atoms with E-state index in [1.165, 1.54) is 11.3 Å². The lowest BCUT2D eigenvalue weighted by atomic mass is 9.88. The van der Waals surface area contributed by atoms with Crippen LogP contribution >= 0.6 is 11.3 Å². The van der Waals surface area contributed by atoms with Crippen LogP contribution in [0.2, 0.25) is 0 Å². The van der Waals surface area contributed by atoms with Gasteiger partial charge in [0.15, 0.2) is 0 Å². The molecule has 0 bridgehead atoms. The molecule has 1 saturated heterocycles. The molecule has 0 radical (unpaired) electrons. The van der Waals surface area contributed by atoms with Crippen LogP contribution in [0.3, 0.4) is 0 Å². The predicted octanol–water partition coefficient (Wildman–Crippen LogP) is 3.74. The lowest BCUT2D eigenvalue weighted by molar-refractivity contribution is -0.0757. The second-order valence-corrected chi connectivity index (χ2v) is 8.17. The summed E-state index contributed by atoms with van der Waals surface area (Å²) >= 11 is 1.54. The molecule has 1 aromatic rings. The van der Waals surface area contributed by atoms with Crippen molar-refractivity contribution in [2.24, 2.45) is 5.92 Å². The summed E-state index contributed by atoms with van der Waals surface area (Å²) in [7, 11) is 0. The molecule has 4 nitrogen and oxygen atoms in total. The number of hydrogen-bond donors (Lipinski definition) is 0. The lowest BCUT2D eigenvalue weighted by Gasteiger charge is -2.38. The van der Waals surface area contributed by atoms with E-state index in [2.05, 4.69) is 37.5 Å². The summed E-state index contributed by atoms with van der Waals surface area (Å²) in [4.78, 5) is 18.2. The van der Waals surface area contributed by atoms with Crippen LogP contribution in [0.5, 0.6) is 0 Å². The van der Waals surface area contributed by atoms with Crippen LogP contribution in [0.4, 0.5) is 0 Å². The van der Waals surface area contributed by atoms with Crippen LogP contribution in [-0.2, 0) is 4.74 Å². The Morgan fingerprint density at radius 2 is 2.08 bits per heavy atom. The molecule has 24 heavy (non-hydrogen) atoms. The molecule has 136 valence electrons. The zero-order valence-electron chi connectivity index (χ0n) is 15.6. The van der Waals surface area contributed by atoms with Crippen molar-refractivity contribution >= 4 is 17.2 Å². The van der Waals surface area contributed by atoms with Crippen molar-refractivity contribution < 1.29 is 9.53 Å². The Labute approximate surface area is 150 Å². The number of likely N-dealkylation sites (N-methyl/N-ethyl adjacent to an activating group) is 1. The molecule has 0 saturated carbocycles. The molecule has 0 aliphatic carbocycles. The number of hydrogen-bond acceptors (Lipinski definition) is 4. The Bertz CT molecular complexity index is 497. The molecule has 1 aromatic heterocycles. The van der Waals surface area contributed by atoms with E-state index < -0.39 is 0 Å². The maximum absolute atomic E-state index is 12.9. The number of amides is 1. The van der Waals surface area contributed by atoms with E-state index in [9.17, 15) is 4.79 Å². The quantitative estimate of drug-likeness (QED) is 0.714. The monoisotopic (exact) mass is 352 g/mol. The van der Waals surface area contributed by atoms with Gasteiger partial charge in [-0.2, -0.15) is 0 Å². The van der Waals surface area contributed by atoms with Crippen LogP contribution in [0.1, 0.15) is 50.2 Å². The Balaban J connectivity index is 2.03. The molecule has 5 heteroatoms. The zero-order valence-corrected chi connectivity index (χ0v) is 16.4. The summed E-state index contributed by atoms with van der Waals surface area (Å²) in [6.07, 6.45) is 2.06. The lowest BCUT2D eigenvalue weighted by Crippen LogP contribution is -2.44. The van der Waals surface area contributed by atoms with Gasteiger partial charge in [-0.25, -0.2) is 0 Å². The van der Waals surface area contributed by atoms with Crippen LogP contribution in [0.15, 0.2) is 17.5 Å². The molecule has 1 fully saturated rings. The number of rotatable bonds is 8. The van der Waals surface area contributed by atoms with Crippen molar-refractivity contribution in [3.05, 3.63) is 22.4 Å². The fraction of sp³-hybridized carbons (Fsp3) is 0.737. The Morgan fingerprint density at radius 3 is 2.67 bits per heavy atom. The molecule has 2 rings (SSSR count). The third-order valence-electron chi connectivity index (χ3n) is 4.88. The maximum Gasteiger partial charge on any atom is 0.263 e. The molecular formula is C19H32N2O2S. The van der Waals surface area contributed by atoms with Gasteiger partial charge in [0, 0.05) is 26.2 Å². The summed E-state index contributed by atoms with van der Waals surface area (Å²) in [5, 5.41) is 1.98. The van der Waals surface area contributed by atoms with Gasteiger partial charge in [-0.1, -0.05) is 19.9 Å². The molecule has 0 aromatic carbocycles. The average molecular weight is 353 g/mol. The van der Waals surface area contributed by atoms with Crippen LogP contribution in [-0.4, -0.2) is 60.6 Å². The molecule has 0 spiro atoms. The smallest absolute Gasteiger partial charge is 0.263 e. The summed E-state index contributed by atoms with van der Waals surface area (Å²) < 4.78 is 5.83. The van der Waals surface area contributed by atoms with Crippen molar-refractivity contribution in [3.8, 4) is 0 Å². The third kappa shape index (κ3) is 5.57. The van der Waals surface area contributed by atoms with Gasteiger partial charge in [0.05, 0.1) is 10.5 Å². The predicted molar refractivity (Wildman–Crippen MR) is 101 cm³/mol. The van der Waals surface area contributed by atoms with Gasteiger partial charge in [-0.15, -0.1) is 11.3 Å². The molecule has 0 N–H and O–H groups in total.